The second-order valence-corrected chi connectivity index (χ2v) is 9.17. The van der Waals surface area contributed by atoms with Crippen LogP contribution < -0.4 is 4.72 Å². The maximum Gasteiger partial charge on any atom is 0.241 e. The van der Waals surface area contributed by atoms with Gasteiger partial charge in [-0.15, -0.1) is 0 Å². The van der Waals surface area contributed by atoms with Gasteiger partial charge in [0.25, 0.3) is 0 Å². The number of sulfonamides is 1. The topological polar surface area (TPSA) is 66.4 Å². The molecule has 1 aliphatic carbocycles. The Bertz CT molecular complexity index is 625. The van der Waals surface area contributed by atoms with Gasteiger partial charge in [0.15, 0.2) is 0 Å². The first-order chi connectivity index (χ1) is 9.80. The molecule has 1 saturated carbocycles. The van der Waals surface area contributed by atoms with Gasteiger partial charge in [0, 0.05) is 27.5 Å². The van der Waals surface area contributed by atoms with Crippen LogP contribution in [0.4, 0.5) is 0 Å². The summed E-state index contributed by atoms with van der Waals surface area (Å²) in [6.45, 7) is 2.20. The molecule has 0 aliphatic heterocycles. The van der Waals surface area contributed by atoms with Crippen LogP contribution in [0.1, 0.15) is 31.2 Å². The van der Waals surface area contributed by atoms with Crippen molar-refractivity contribution < 1.29 is 13.5 Å². The van der Waals surface area contributed by atoms with E-state index in [9.17, 15) is 13.5 Å². The third-order valence-electron chi connectivity index (χ3n) is 4.14. The molecule has 21 heavy (non-hydrogen) atoms. The molecular formula is C14H19Br2NO3S. The normalized spacial score (nSPS) is 18.1. The van der Waals surface area contributed by atoms with Gasteiger partial charge < -0.3 is 5.11 Å². The van der Waals surface area contributed by atoms with Gasteiger partial charge in [0.2, 0.25) is 10.0 Å². The quantitative estimate of drug-likeness (QED) is 0.737. The summed E-state index contributed by atoms with van der Waals surface area (Å²) < 4.78 is 28.9. The lowest BCUT2D eigenvalue weighted by molar-refractivity contribution is 0.134. The molecule has 2 N–H and O–H groups in total. The van der Waals surface area contributed by atoms with Crippen molar-refractivity contribution in [2.75, 3.05) is 13.2 Å². The molecule has 0 radical (unpaired) electrons. The Morgan fingerprint density at radius 1 is 1.24 bits per heavy atom. The zero-order valence-corrected chi connectivity index (χ0v) is 15.8. The van der Waals surface area contributed by atoms with Crippen molar-refractivity contribution in [3.63, 3.8) is 0 Å². The van der Waals surface area contributed by atoms with E-state index in [-0.39, 0.29) is 23.5 Å². The minimum Gasteiger partial charge on any atom is -0.396 e. The van der Waals surface area contributed by atoms with E-state index >= 15 is 0 Å². The van der Waals surface area contributed by atoms with Gasteiger partial charge in [0.1, 0.15) is 0 Å². The molecular weight excluding hydrogens is 422 g/mol. The Labute approximate surface area is 142 Å². The lowest BCUT2D eigenvalue weighted by atomic mass is 9.88. The van der Waals surface area contributed by atoms with Gasteiger partial charge in [-0.05, 0) is 53.4 Å². The lowest BCUT2D eigenvalue weighted by Crippen LogP contribution is -2.38. The van der Waals surface area contributed by atoms with Gasteiger partial charge >= 0.3 is 0 Å². The molecule has 0 aromatic heterocycles. The number of rotatable bonds is 5. The average Bonchev–Trinajstić information content (AvgIpc) is 2.90. The van der Waals surface area contributed by atoms with Gasteiger partial charge in [0.05, 0.1) is 4.90 Å². The van der Waals surface area contributed by atoms with Crippen molar-refractivity contribution in [3.8, 4) is 0 Å². The average molecular weight is 441 g/mol. The third-order valence-corrected chi connectivity index (χ3v) is 7.35. The highest BCUT2D eigenvalue weighted by atomic mass is 79.9. The summed E-state index contributed by atoms with van der Waals surface area (Å²) in [5.41, 5.74) is 0.657. The predicted molar refractivity (Wildman–Crippen MR) is 89.8 cm³/mol. The molecule has 1 aliphatic rings. The van der Waals surface area contributed by atoms with Crippen LogP contribution in [0.3, 0.4) is 0 Å². The second-order valence-electron chi connectivity index (χ2n) is 5.72. The maximum absolute atomic E-state index is 12.5. The molecule has 118 valence electrons. The van der Waals surface area contributed by atoms with Crippen LogP contribution in [-0.4, -0.2) is 26.7 Å². The molecule has 0 bridgehead atoms. The zero-order valence-electron chi connectivity index (χ0n) is 11.8. The molecule has 0 saturated heterocycles. The summed E-state index contributed by atoms with van der Waals surface area (Å²) in [4.78, 5) is 0.214. The van der Waals surface area contributed by atoms with Crippen molar-refractivity contribution in [2.45, 2.75) is 37.5 Å². The monoisotopic (exact) mass is 439 g/mol. The summed E-state index contributed by atoms with van der Waals surface area (Å²) in [6.07, 6.45) is 3.82. The molecule has 0 unspecified atom stereocenters. The largest absolute Gasteiger partial charge is 0.396 e. The Balaban J connectivity index is 2.21. The van der Waals surface area contributed by atoms with E-state index in [4.69, 9.17) is 0 Å². The molecule has 0 spiro atoms. The molecule has 0 amide bonds. The van der Waals surface area contributed by atoms with Crippen LogP contribution in [0.2, 0.25) is 0 Å². The Kier molecular flexibility index (Phi) is 5.52. The van der Waals surface area contributed by atoms with Crippen LogP contribution in [0, 0.1) is 12.3 Å². The zero-order chi connectivity index (χ0) is 15.7. The van der Waals surface area contributed by atoms with E-state index in [0.29, 0.717) is 4.47 Å². The van der Waals surface area contributed by atoms with E-state index < -0.39 is 10.0 Å². The molecule has 2 rings (SSSR count). The van der Waals surface area contributed by atoms with Crippen molar-refractivity contribution in [3.05, 3.63) is 26.6 Å². The minimum absolute atomic E-state index is 0.0221. The summed E-state index contributed by atoms with van der Waals surface area (Å²) >= 11 is 6.67. The van der Waals surface area contributed by atoms with E-state index in [1.165, 1.54) is 0 Å². The number of hydrogen-bond acceptors (Lipinski definition) is 3. The standard InChI is InChI=1S/C14H19Br2NO3S/c1-10-6-12(16)13(7-11(10)15)21(19,20)17-8-14(9-18)4-2-3-5-14/h6-7,17-18H,2-5,8-9H2,1H3. The SMILES string of the molecule is Cc1cc(Br)c(S(=O)(=O)NCC2(CO)CCCC2)cc1Br. The smallest absolute Gasteiger partial charge is 0.241 e. The molecule has 4 nitrogen and oxygen atoms in total. The number of aliphatic hydroxyl groups excluding tert-OH is 1. The highest BCUT2D eigenvalue weighted by Crippen LogP contribution is 2.37. The second kappa shape index (κ2) is 6.66. The summed E-state index contributed by atoms with van der Waals surface area (Å²) in [5, 5.41) is 9.57. The fourth-order valence-corrected chi connectivity index (χ4v) is 5.51. The number of benzene rings is 1. The number of hydrogen-bond donors (Lipinski definition) is 2. The van der Waals surface area contributed by atoms with Gasteiger partial charge in [-0.1, -0.05) is 28.8 Å². The van der Waals surface area contributed by atoms with Crippen molar-refractivity contribution in [1.29, 1.82) is 0 Å². The predicted octanol–water partition coefficient (Wildman–Crippen LogP) is 3.35. The van der Waals surface area contributed by atoms with Crippen molar-refractivity contribution in [2.24, 2.45) is 5.41 Å². The van der Waals surface area contributed by atoms with Crippen LogP contribution in [-0.2, 0) is 10.0 Å². The first-order valence-electron chi connectivity index (χ1n) is 6.86. The number of aliphatic hydroxyl groups is 1. The molecule has 7 heteroatoms. The third kappa shape index (κ3) is 3.88. The summed E-state index contributed by atoms with van der Waals surface area (Å²) in [5.74, 6) is 0. The van der Waals surface area contributed by atoms with Gasteiger partial charge in [-0.25, -0.2) is 13.1 Å². The Morgan fingerprint density at radius 3 is 2.43 bits per heavy atom. The van der Waals surface area contributed by atoms with Crippen LogP contribution >= 0.6 is 31.9 Å². The maximum atomic E-state index is 12.5. The lowest BCUT2D eigenvalue weighted by Gasteiger charge is -2.26. The summed E-state index contributed by atoms with van der Waals surface area (Å²) in [7, 11) is -3.60. The highest BCUT2D eigenvalue weighted by molar-refractivity contribution is 9.11. The minimum atomic E-state index is -3.60. The van der Waals surface area contributed by atoms with Crippen molar-refractivity contribution >= 4 is 41.9 Å². The highest BCUT2D eigenvalue weighted by Gasteiger charge is 2.34. The van der Waals surface area contributed by atoms with Crippen molar-refractivity contribution in [1.82, 2.24) is 4.72 Å². The molecule has 1 fully saturated rings. The van der Waals surface area contributed by atoms with Crippen LogP contribution in [0.15, 0.2) is 26.0 Å². The molecule has 0 atom stereocenters. The van der Waals surface area contributed by atoms with E-state index in [1.54, 1.807) is 12.1 Å². The molecule has 0 heterocycles. The van der Waals surface area contributed by atoms with Crippen LogP contribution in [0.5, 0.6) is 0 Å². The Hall–Kier alpha value is 0.0500. The fraction of sp³-hybridized carbons (Fsp3) is 0.571. The fourth-order valence-electron chi connectivity index (χ4n) is 2.68. The van der Waals surface area contributed by atoms with E-state index in [1.807, 2.05) is 6.92 Å². The molecule has 1 aromatic rings. The number of halogens is 2. The number of nitrogens with one attached hydrogen (secondary N) is 1. The molecule has 1 aromatic carbocycles. The van der Waals surface area contributed by atoms with E-state index in [2.05, 4.69) is 36.6 Å². The first kappa shape index (κ1) is 17.4. The van der Waals surface area contributed by atoms with Gasteiger partial charge in [-0.2, -0.15) is 0 Å². The first-order valence-corrected chi connectivity index (χ1v) is 9.93. The van der Waals surface area contributed by atoms with Crippen LogP contribution in [0.25, 0.3) is 0 Å². The Morgan fingerprint density at radius 2 is 1.86 bits per heavy atom. The number of aryl methyl sites for hydroxylation is 1. The van der Waals surface area contributed by atoms with E-state index in [0.717, 1.165) is 35.7 Å². The summed E-state index contributed by atoms with van der Waals surface area (Å²) in [6, 6.07) is 3.37. The van der Waals surface area contributed by atoms with Gasteiger partial charge in [-0.3, -0.25) is 0 Å².